The maximum atomic E-state index is 9.00. The number of hydrogen-bond acceptors (Lipinski definition) is 3. The lowest BCUT2D eigenvalue weighted by Crippen LogP contribution is -1.78. The topological polar surface area (TPSA) is 112 Å². The van der Waals surface area contributed by atoms with Crippen molar-refractivity contribution >= 4 is 17.9 Å². The van der Waals surface area contributed by atoms with Crippen LogP contribution < -0.4 is 0 Å². The van der Waals surface area contributed by atoms with E-state index in [9.17, 15) is 0 Å². The van der Waals surface area contributed by atoms with E-state index in [1.165, 1.54) is 0 Å². The molecule has 0 aromatic carbocycles. The van der Waals surface area contributed by atoms with Gasteiger partial charge in [-0.15, -0.1) is 12.8 Å². The quantitative estimate of drug-likeness (QED) is 0.498. The molecule has 0 atom stereocenters. The van der Waals surface area contributed by atoms with Gasteiger partial charge in [0.15, 0.2) is 0 Å². The van der Waals surface area contributed by atoms with E-state index in [0.717, 1.165) is 20.8 Å². The van der Waals surface area contributed by atoms with Gasteiger partial charge in [-0.05, 0) is 0 Å². The number of hydrogen-bond donors (Lipinski definition) is 3. The van der Waals surface area contributed by atoms with Crippen molar-refractivity contribution in [1.29, 1.82) is 0 Å². The fraction of sp³-hybridized carbons (Fsp3) is 0.375. The minimum atomic E-state index is -0.833. The Labute approximate surface area is 82.2 Å². The molecule has 0 aromatic rings. The Morgan fingerprint density at radius 2 is 0.714 bits per heavy atom. The monoisotopic (exact) mass is 206 g/mol. The highest BCUT2D eigenvalue weighted by atomic mass is 16.4. The first-order valence-electron chi connectivity index (χ1n) is 3.12. The number of carboxylic acid groups (broad SMARTS) is 3. The largest absolute Gasteiger partial charge is 0.481 e. The summed E-state index contributed by atoms with van der Waals surface area (Å²) in [5, 5.41) is 22.2. The zero-order chi connectivity index (χ0) is 12.7. The molecule has 0 saturated carbocycles. The Hall–Kier alpha value is -2.03. The zero-order valence-electron chi connectivity index (χ0n) is 8.22. The summed E-state index contributed by atoms with van der Waals surface area (Å²) >= 11 is 0. The van der Waals surface area contributed by atoms with Gasteiger partial charge in [0.2, 0.25) is 0 Å². The second kappa shape index (κ2) is 22.4. The molecule has 3 N–H and O–H groups in total. The molecule has 0 aliphatic heterocycles. The van der Waals surface area contributed by atoms with Crippen LogP contribution in [0.3, 0.4) is 0 Å². The molecule has 0 bridgehead atoms. The van der Waals surface area contributed by atoms with Gasteiger partial charge < -0.3 is 15.3 Å². The van der Waals surface area contributed by atoms with Gasteiger partial charge in [0, 0.05) is 20.8 Å². The van der Waals surface area contributed by atoms with E-state index in [-0.39, 0.29) is 0 Å². The van der Waals surface area contributed by atoms with Crippen LogP contribution >= 0.6 is 0 Å². The standard InChI is InChI=1S/3C2H4O2.C2H2/c3*1-2(3)4;1-2/h3*1H3,(H,3,4);1-2H. The fourth-order valence-corrected chi connectivity index (χ4v) is 0. The van der Waals surface area contributed by atoms with Crippen LogP contribution in [0.4, 0.5) is 0 Å². The molecule has 0 aliphatic carbocycles. The van der Waals surface area contributed by atoms with Crippen LogP contribution in [0.15, 0.2) is 0 Å². The third kappa shape index (κ3) is 195. The van der Waals surface area contributed by atoms with Crippen molar-refractivity contribution in [3.05, 3.63) is 0 Å². The first-order valence-corrected chi connectivity index (χ1v) is 3.12. The Kier molecular flexibility index (Phi) is 36.4. The highest BCUT2D eigenvalue weighted by Gasteiger charge is 1.66. The first-order chi connectivity index (χ1) is 6.20. The van der Waals surface area contributed by atoms with Gasteiger partial charge in [0.1, 0.15) is 0 Å². The fourth-order valence-electron chi connectivity index (χ4n) is 0. The van der Waals surface area contributed by atoms with Crippen LogP contribution in [0.5, 0.6) is 0 Å². The Bertz CT molecular complexity index is 141. The lowest BCUT2D eigenvalue weighted by atomic mass is 10.9. The second-order valence-corrected chi connectivity index (χ2v) is 1.56. The molecule has 0 aromatic heterocycles. The molecule has 6 heteroatoms. The third-order valence-electron chi connectivity index (χ3n) is 0. The maximum Gasteiger partial charge on any atom is 0.300 e. The summed E-state index contributed by atoms with van der Waals surface area (Å²) < 4.78 is 0. The smallest absolute Gasteiger partial charge is 0.300 e. The van der Waals surface area contributed by atoms with Crippen LogP contribution in [-0.2, 0) is 14.4 Å². The predicted octanol–water partition coefficient (Wildman–Crippen LogP) is 0.522. The zero-order valence-corrected chi connectivity index (χ0v) is 8.22. The first kappa shape index (κ1) is 22.7. The SMILES string of the molecule is C#C.CC(=O)O.CC(=O)O.CC(=O)O. The van der Waals surface area contributed by atoms with Gasteiger partial charge in [-0.25, -0.2) is 0 Å². The predicted molar refractivity (Wildman–Crippen MR) is 49.8 cm³/mol. The number of rotatable bonds is 0. The van der Waals surface area contributed by atoms with E-state index >= 15 is 0 Å². The summed E-state index contributed by atoms with van der Waals surface area (Å²) in [4.78, 5) is 27.0. The van der Waals surface area contributed by atoms with Gasteiger partial charge in [0.25, 0.3) is 17.9 Å². The molecule has 6 nitrogen and oxygen atoms in total. The third-order valence-corrected chi connectivity index (χ3v) is 0. The summed E-state index contributed by atoms with van der Waals surface area (Å²) in [6, 6.07) is 0. The number of carbonyl (C=O) groups is 3. The molecular weight excluding hydrogens is 192 g/mol. The molecule has 0 rings (SSSR count). The highest BCUT2D eigenvalue weighted by Crippen LogP contribution is 1.42. The lowest BCUT2D eigenvalue weighted by molar-refractivity contribution is -0.135. The average molecular weight is 206 g/mol. The van der Waals surface area contributed by atoms with Crippen molar-refractivity contribution in [1.82, 2.24) is 0 Å². The Morgan fingerprint density at radius 1 is 0.714 bits per heavy atom. The van der Waals surface area contributed by atoms with Crippen molar-refractivity contribution in [3.63, 3.8) is 0 Å². The van der Waals surface area contributed by atoms with E-state index in [1.807, 2.05) is 0 Å². The molecule has 0 amide bonds. The van der Waals surface area contributed by atoms with E-state index in [0.29, 0.717) is 0 Å². The number of carboxylic acids is 3. The lowest BCUT2D eigenvalue weighted by Gasteiger charge is -1.59. The van der Waals surface area contributed by atoms with Gasteiger partial charge in [-0.2, -0.15) is 0 Å². The average Bonchev–Trinajstić information content (AvgIpc) is 1.86. The molecule has 0 unspecified atom stereocenters. The van der Waals surface area contributed by atoms with Crippen molar-refractivity contribution in [2.45, 2.75) is 20.8 Å². The summed E-state index contributed by atoms with van der Waals surface area (Å²) in [6.07, 6.45) is 8.00. The van der Waals surface area contributed by atoms with Crippen LogP contribution in [0.2, 0.25) is 0 Å². The Balaban J connectivity index is -0.0000000492. The van der Waals surface area contributed by atoms with Crippen molar-refractivity contribution < 1.29 is 29.7 Å². The van der Waals surface area contributed by atoms with Crippen molar-refractivity contribution in [3.8, 4) is 12.8 Å². The van der Waals surface area contributed by atoms with Crippen LogP contribution in [0.25, 0.3) is 0 Å². The van der Waals surface area contributed by atoms with Crippen molar-refractivity contribution in [2.24, 2.45) is 0 Å². The number of aliphatic carboxylic acids is 3. The van der Waals surface area contributed by atoms with E-state index < -0.39 is 17.9 Å². The number of terminal acetylenes is 1. The highest BCUT2D eigenvalue weighted by molar-refractivity contribution is 5.63. The normalized spacial score (nSPS) is 5.50. The van der Waals surface area contributed by atoms with E-state index in [1.54, 1.807) is 0 Å². The molecule has 0 spiro atoms. The van der Waals surface area contributed by atoms with Gasteiger partial charge in [-0.1, -0.05) is 0 Å². The second-order valence-electron chi connectivity index (χ2n) is 1.56. The molecule has 82 valence electrons. The maximum absolute atomic E-state index is 9.00. The van der Waals surface area contributed by atoms with E-state index in [2.05, 4.69) is 12.8 Å². The van der Waals surface area contributed by atoms with Crippen LogP contribution in [0.1, 0.15) is 20.8 Å². The Morgan fingerprint density at radius 3 is 0.714 bits per heavy atom. The van der Waals surface area contributed by atoms with Crippen LogP contribution in [-0.4, -0.2) is 33.2 Å². The molecule has 0 heterocycles. The van der Waals surface area contributed by atoms with Gasteiger partial charge in [0.05, 0.1) is 0 Å². The molecule has 0 saturated heterocycles. The molecule has 14 heavy (non-hydrogen) atoms. The molecule has 0 fully saturated rings. The summed E-state index contributed by atoms with van der Waals surface area (Å²) in [5.74, 6) is -2.50. The molecular formula is C8H14O6. The molecule has 0 aliphatic rings. The minimum absolute atomic E-state index is 0.833. The molecule has 0 radical (unpaired) electrons. The van der Waals surface area contributed by atoms with E-state index in [4.69, 9.17) is 29.7 Å². The summed E-state index contributed by atoms with van der Waals surface area (Å²) in [7, 11) is 0. The summed E-state index contributed by atoms with van der Waals surface area (Å²) in [6.45, 7) is 3.25. The van der Waals surface area contributed by atoms with Gasteiger partial charge >= 0.3 is 0 Å². The van der Waals surface area contributed by atoms with Crippen LogP contribution in [0, 0.1) is 12.8 Å². The van der Waals surface area contributed by atoms with Gasteiger partial charge in [-0.3, -0.25) is 14.4 Å². The minimum Gasteiger partial charge on any atom is -0.481 e. The van der Waals surface area contributed by atoms with Crippen molar-refractivity contribution in [2.75, 3.05) is 0 Å². The summed E-state index contributed by atoms with van der Waals surface area (Å²) in [5.41, 5.74) is 0.